The van der Waals surface area contributed by atoms with Crippen LogP contribution in [0.2, 0.25) is 0 Å². The number of carbonyl (C=O) groups is 2. The van der Waals surface area contributed by atoms with Crippen LogP contribution in [0.1, 0.15) is 40.2 Å². The lowest BCUT2D eigenvalue weighted by atomic mass is 9.77. The molecule has 2 saturated heterocycles. The average Bonchev–Trinajstić information content (AvgIpc) is 3.26. The highest BCUT2D eigenvalue weighted by Crippen LogP contribution is 2.41. The van der Waals surface area contributed by atoms with Gasteiger partial charge in [-0.1, -0.05) is 42.5 Å². The van der Waals surface area contributed by atoms with Crippen LogP contribution in [0.25, 0.3) is 6.08 Å². The van der Waals surface area contributed by atoms with E-state index in [1.165, 1.54) is 11.3 Å². The summed E-state index contributed by atoms with van der Waals surface area (Å²) < 4.78 is 0. The van der Waals surface area contributed by atoms with Crippen LogP contribution in [0.3, 0.4) is 0 Å². The number of piperidine rings is 1. The smallest absolute Gasteiger partial charge is 0.265 e. The Morgan fingerprint density at radius 2 is 2.00 bits per heavy atom. The highest BCUT2D eigenvalue weighted by molar-refractivity contribution is 7.11. The fraction of sp³-hybridized carbons (Fsp3) is 0.409. The number of likely N-dealkylation sites (tertiary alicyclic amines) is 2. The zero-order chi connectivity index (χ0) is 19.6. The van der Waals surface area contributed by atoms with Crippen molar-refractivity contribution in [3.8, 4) is 0 Å². The first kappa shape index (κ1) is 18.9. The molecule has 28 heavy (non-hydrogen) atoms. The number of amides is 2. The van der Waals surface area contributed by atoms with E-state index in [4.69, 9.17) is 0 Å². The van der Waals surface area contributed by atoms with E-state index < -0.39 is 0 Å². The minimum atomic E-state index is 0.0250. The molecular formula is C22H25N3O2S. The van der Waals surface area contributed by atoms with Gasteiger partial charge in [-0.15, -0.1) is 11.3 Å². The lowest BCUT2D eigenvalue weighted by Gasteiger charge is -2.38. The average molecular weight is 396 g/mol. The van der Waals surface area contributed by atoms with E-state index in [1.54, 1.807) is 5.51 Å². The minimum absolute atomic E-state index is 0.0250. The number of thiazole rings is 1. The molecule has 2 amide bonds. The van der Waals surface area contributed by atoms with Gasteiger partial charge in [0.25, 0.3) is 5.91 Å². The molecule has 6 heteroatoms. The van der Waals surface area contributed by atoms with Gasteiger partial charge in [-0.25, -0.2) is 4.98 Å². The molecule has 2 fully saturated rings. The summed E-state index contributed by atoms with van der Waals surface area (Å²) in [5.74, 6) is 0.317. The van der Waals surface area contributed by atoms with Crippen molar-refractivity contribution in [2.45, 2.75) is 26.2 Å². The lowest BCUT2D eigenvalue weighted by Crippen LogP contribution is -2.44. The molecule has 2 aromatic rings. The van der Waals surface area contributed by atoms with Gasteiger partial charge < -0.3 is 9.80 Å². The van der Waals surface area contributed by atoms with E-state index in [1.807, 2.05) is 34.9 Å². The van der Waals surface area contributed by atoms with Gasteiger partial charge in [-0.2, -0.15) is 0 Å². The van der Waals surface area contributed by atoms with Crippen molar-refractivity contribution in [2.75, 3.05) is 26.2 Å². The Morgan fingerprint density at radius 1 is 1.25 bits per heavy atom. The van der Waals surface area contributed by atoms with Crippen LogP contribution in [-0.2, 0) is 4.79 Å². The fourth-order valence-corrected chi connectivity index (χ4v) is 4.97. The van der Waals surface area contributed by atoms with Gasteiger partial charge in [0.15, 0.2) is 0 Å². The normalized spacial score (nSPS) is 19.1. The van der Waals surface area contributed by atoms with Crippen LogP contribution in [0.4, 0.5) is 0 Å². The first-order valence-electron chi connectivity index (χ1n) is 9.75. The van der Waals surface area contributed by atoms with Crippen molar-refractivity contribution in [3.63, 3.8) is 0 Å². The number of hydrogen-bond acceptors (Lipinski definition) is 4. The van der Waals surface area contributed by atoms with Gasteiger partial charge in [0, 0.05) is 38.0 Å². The first-order valence-corrected chi connectivity index (χ1v) is 10.6. The zero-order valence-corrected chi connectivity index (χ0v) is 17.0. The summed E-state index contributed by atoms with van der Waals surface area (Å²) in [5, 5.41) is 0. The number of hydrogen-bond donors (Lipinski definition) is 0. The molecule has 2 aliphatic heterocycles. The maximum Gasteiger partial charge on any atom is 0.265 e. The van der Waals surface area contributed by atoms with E-state index >= 15 is 0 Å². The number of benzene rings is 1. The molecule has 1 spiro atoms. The largest absolute Gasteiger partial charge is 0.338 e. The summed E-state index contributed by atoms with van der Waals surface area (Å²) in [6, 6.07) is 10.1. The van der Waals surface area contributed by atoms with Gasteiger partial charge in [-0.05, 0) is 25.3 Å². The van der Waals surface area contributed by atoms with Crippen LogP contribution in [-0.4, -0.2) is 52.8 Å². The van der Waals surface area contributed by atoms with Gasteiger partial charge >= 0.3 is 0 Å². The molecule has 1 aromatic carbocycles. The van der Waals surface area contributed by atoms with E-state index in [0.29, 0.717) is 13.0 Å². The summed E-state index contributed by atoms with van der Waals surface area (Å²) >= 11 is 1.41. The summed E-state index contributed by atoms with van der Waals surface area (Å²) in [7, 11) is 0. The van der Waals surface area contributed by atoms with E-state index in [-0.39, 0.29) is 17.2 Å². The SMILES string of the molecule is Cc1ncsc1C(=O)N1CCC2(CC1)CC(=O)N(CC=Cc1ccccc1)C2. The van der Waals surface area contributed by atoms with Crippen LogP contribution in [0.5, 0.6) is 0 Å². The van der Waals surface area contributed by atoms with Crippen LogP contribution >= 0.6 is 11.3 Å². The Morgan fingerprint density at radius 3 is 2.68 bits per heavy atom. The summed E-state index contributed by atoms with van der Waals surface area (Å²) in [4.78, 5) is 34.1. The molecule has 0 bridgehead atoms. The third kappa shape index (κ3) is 3.87. The summed E-state index contributed by atoms with van der Waals surface area (Å²) in [6.07, 6.45) is 6.52. The maximum atomic E-state index is 12.7. The molecule has 0 unspecified atom stereocenters. The minimum Gasteiger partial charge on any atom is -0.338 e. The maximum absolute atomic E-state index is 12.7. The van der Waals surface area contributed by atoms with E-state index in [2.05, 4.69) is 29.3 Å². The van der Waals surface area contributed by atoms with Crippen molar-refractivity contribution in [3.05, 3.63) is 58.1 Å². The van der Waals surface area contributed by atoms with Crippen LogP contribution < -0.4 is 0 Å². The third-order valence-corrected chi connectivity index (χ3v) is 6.81. The predicted octanol–water partition coefficient (Wildman–Crippen LogP) is 3.62. The van der Waals surface area contributed by atoms with Crippen molar-refractivity contribution < 1.29 is 9.59 Å². The second-order valence-corrected chi connectivity index (χ2v) is 8.68. The van der Waals surface area contributed by atoms with E-state index in [0.717, 1.165) is 48.6 Å². The first-order chi connectivity index (χ1) is 13.6. The second-order valence-electron chi connectivity index (χ2n) is 7.82. The van der Waals surface area contributed by atoms with Crippen molar-refractivity contribution in [1.82, 2.24) is 14.8 Å². The quantitative estimate of drug-likeness (QED) is 0.795. The number of aryl methyl sites for hydroxylation is 1. The standard InChI is InChI=1S/C22H25N3O2S/c1-17-20(28-16-23-17)21(27)24-12-9-22(10-13-24)14-19(26)25(15-22)11-5-8-18-6-3-2-4-7-18/h2-8,16H,9-15H2,1H3. The van der Waals surface area contributed by atoms with E-state index in [9.17, 15) is 9.59 Å². The number of aromatic nitrogens is 1. The van der Waals surface area contributed by atoms with Crippen LogP contribution in [0.15, 0.2) is 41.9 Å². The van der Waals surface area contributed by atoms with Crippen molar-refractivity contribution in [2.24, 2.45) is 5.41 Å². The van der Waals surface area contributed by atoms with Gasteiger partial charge in [0.2, 0.25) is 5.91 Å². The third-order valence-electron chi connectivity index (χ3n) is 5.89. The Labute approximate surface area is 169 Å². The molecule has 4 rings (SSSR count). The molecule has 146 valence electrons. The molecule has 5 nitrogen and oxygen atoms in total. The highest BCUT2D eigenvalue weighted by Gasteiger charge is 2.45. The van der Waals surface area contributed by atoms with Crippen molar-refractivity contribution >= 4 is 29.2 Å². The summed E-state index contributed by atoms with van der Waals surface area (Å²) in [6.45, 7) is 4.77. The zero-order valence-electron chi connectivity index (χ0n) is 16.1. The molecule has 0 aliphatic carbocycles. The van der Waals surface area contributed by atoms with Gasteiger partial charge in [0.05, 0.1) is 11.2 Å². The number of nitrogens with zero attached hydrogens (tertiary/aromatic N) is 3. The molecule has 0 N–H and O–H groups in total. The van der Waals surface area contributed by atoms with Gasteiger partial charge in [0.1, 0.15) is 4.88 Å². The Kier molecular flexibility index (Phi) is 5.31. The highest BCUT2D eigenvalue weighted by atomic mass is 32.1. The van der Waals surface area contributed by atoms with Gasteiger partial charge in [-0.3, -0.25) is 9.59 Å². The second kappa shape index (κ2) is 7.87. The molecule has 1 aromatic heterocycles. The molecule has 2 aliphatic rings. The molecule has 3 heterocycles. The number of carbonyl (C=O) groups excluding carboxylic acids is 2. The molecule has 0 atom stereocenters. The Bertz CT molecular complexity index is 882. The topological polar surface area (TPSA) is 53.5 Å². The number of rotatable bonds is 4. The monoisotopic (exact) mass is 395 g/mol. The molecule has 0 radical (unpaired) electrons. The van der Waals surface area contributed by atoms with Crippen molar-refractivity contribution in [1.29, 1.82) is 0 Å². The predicted molar refractivity (Wildman–Crippen MR) is 111 cm³/mol. The summed E-state index contributed by atoms with van der Waals surface area (Å²) in [5.41, 5.74) is 3.71. The van der Waals surface area contributed by atoms with Crippen LogP contribution in [0, 0.1) is 12.3 Å². The molecular weight excluding hydrogens is 370 g/mol. The lowest BCUT2D eigenvalue weighted by molar-refractivity contribution is -0.127. The fourth-order valence-electron chi connectivity index (χ4n) is 4.20. The molecule has 0 saturated carbocycles. The Balaban J connectivity index is 1.33. The Hall–Kier alpha value is -2.47.